The van der Waals surface area contributed by atoms with E-state index in [-0.39, 0.29) is 23.8 Å². The van der Waals surface area contributed by atoms with Gasteiger partial charge in [-0.1, -0.05) is 17.7 Å². The Balaban J connectivity index is 2.11. The summed E-state index contributed by atoms with van der Waals surface area (Å²) >= 11 is 0. The Kier molecular flexibility index (Phi) is 7.55. The van der Waals surface area contributed by atoms with E-state index in [1.54, 1.807) is 24.3 Å². The normalized spacial score (nSPS) is 12.9. The molecule has 1 amide bonds. The van der Waals surface area contributed by atoms with Crippen LogP contribution in [-0.4, -0.2) is 41.4 Å². The lowest BCUT2D eigenvalue weighted by Gasteiger charge is -2.18. The third-order valence-electron chi connectivity index (χ3n) is 3.90. The van der Waals surface area contributed by atoms with Gasteiger partial charge in [0.05, 0.1) is 30.2 Å². The van der Waals surface area contributed by atoms with Gasteiger partial charge in [0.15, 0.2) is 6.29 Å². The molecule has 0 saturated carbocycles. The van der Waals surface area contributed by atoms with Gasteiger partial charge < -0.3 is 19.2 Å². The van der Waals surface area contributed by atoms with E-state index in [0.717, 1.165) is 5.56 Å². The summed E-state index contributed by atoms with van der Waals surface area (Å²) < 4.78 is 43.2. The third-order valence-corrected chi connectivity index (χ3v) is 5.38. The summed E-state index contributed by atoms with van der Waals surface area (Å²) in [5.41, 5.74) is 0.946. The summed E-state index contributed by atoms with van der Waals surface area (Å²) in [7, 11) is -0.908. The predicted molar refractivity (Wildman–Crippen MR) is 98.4 cm³/mol. The lowest BCUT2D eigenvalue weighted by Crippen LogP contribution is -2.37. The smallest absolute Gasteiger partial charge is 0.241 e. The Hall–Kier alpha value is -2.20. The van der Waals surface area contributed by atoms with E-state index < -0.39 is 22.4 Å². The van der Waals surface area contributed by atoms with E-state index in [0.29, 0.717) is 5.76 Å². The number of methoxy groups -OCH3 is 2. The largest absolute Gasteiger partial charge is 0.468 e. The number of amides is 1. The minimum Gasteiger partial charge on any atom is -0.468 e. The molecule has 0 fully saturated rings. The highest BCUT2D eigenvalue weighted by atomic mass is 32.2. The third kappa shape index (κ3) is 6.17. The lowest BCUT2D eigenvalue weighted by molar-refractivity contribution is -0.127. The fourth-order valence-electron chi connectivity index (χ4n) is 2.38. The maximum Gasteiger partial charge on any atom is 0.241 e. The number of ether oxygens (including phenoxy) is 2. The molecule has 0 aliphatic heterocycles. The molecule has 1 unspecified atom stereocenters. The molecule has 0 spiro atoms. The second-order valence-corrected chi connectivity index (χ2v) is 7.63. The molecule has 1 aromatic heterocycles. The van der Waals surface area contributed by atoms with Crippen LogP contribution >= 0.6 is 0 Å². The van der Waals surface area contributed by atoms with Crippen LogP contribution in [0.3, 0.4) is 0 Å². The first-order valence-corrected chi connectivity index (χ1v) is 9.78. The van der Waals surface area contributed by atoms with Crippen LogP contribution in [0.5, 0.6) is 0 Å². The summed E-state index contributed by atoms with van der Waals surface area (Å²) in [6.45, 7) is 2.01. The monoisotopic (exact) mass is 396 g/mol. The standard InChI is InChI=1S/C18H24N2O6S/c1-13-6-8-14(9-7-13)27(22,23)20-15(16-5-4-10-26-16)11-17(21)19-12-18(24-2)25-3/h4-10,15,18,20H,11-12H2,1-3H3,(H,19,21). The van der Waals surface area contributed by atoms with Crippen LogP contribution < -0.4 is 10.0 Å². The molecule has 0 aliphatic rings. The molecule has 9 heteroatoms. The molecule has 2 N–H and O–H groups in total. The SMILES string of the molecule is COC(CNC(=O)CC(NS(=O)(=O)c1ccc(C)cc1)c1ccco1)OC. The van der Waals surface area contributed by atoms with Gasteiger partial charge in [-0.2, -0.15) is 4.72 Å². The number of carbonyl (C=O) groups excluding carboxylic acids is 1. The minimum atomic E-state index is -3.83. The van der Waals surface area contributed by atoms with Gasteiger partial charge in [-0.15, -0.1) is 0 Å². The van der Waals surface area contributed by atoms with Crippen LogP contribution in [-0.2, 0) is 24.3 Å². The average molecular weight is 396 g/mol. The van der Waals surface area contributed by atoms with Gasteiger partial charge in [0.2, 0.25) is 15.9 Å². The van der Waals surface area contributed by atoms with E-state index in [2.05, 4.69) is 10.0 Å². The highest BCUT2D eigenvalue weighted by molar-refractivity contribution is 7.89. The highest BCUT2D eigenvalue weighted by Gasteiger charge is 2.25. The fourth-order valence-corrected chi connectivity index (χ4v) is 3.58. The molecular weight excluding hydrogens is 372 g/mol. The number of carbonyl (C=O) groups is 1. The van der Waals surface area contributed by atoms with Crippen molar-refractivity contribution in [2.24, 2.45) is 0 Å². The van der Waals surface area contributed by atoms with E-state index in [1.807, 2.05) is 6.92 Å². The van der Waals surface area contributed by atoms with E-state index in [1.165, 1.54) is 32.6 Å². The molecular formula is C18H24N2O6S. The molecule has 0 bridgehead atoms. The van der Waals surface area contributed by atoms with Gasteiger partial charge in [-0.05, 0) is 31.2 Å². The Morgan fingerprint density at radius 2 is 1.81 bits per heavy atom. The number of nitrogens with one attached hydrogen (secondary N) is 2. The Labute approximate surface area is 158 Å². The van der Waals surface area contributed by atoms with Crippen molar-refractivity contribution in [1.82, 2.24) is 10.0 Å². The van der Waals surface area contributed by atoms with Crippen LogP contribution in [0.15, 0.2) is 52.0 Å². The van der Waals surface area contributed by atoms with Crippen molar-refractivity contribution in [3.63, 3.8) is 0 Å². The summed E-state index contributed by atoms with van der Waals surface area (Å²) in [4.78, 5) is 12.4. The zero-order valence-corrected chi connectivity index (χ0v) is 16.3. The lowest BCUT2D eigenvalue weighted by atomic mass is 10.1. The fraction of sp³-hybridized carbons (Fsp3) is 0.389. The zero-order chi connectivity index (χ0) is 19.9. The van der Waals surface area contributed by atoms with E-state index in [4.69, 9.17) is 13.9 Å². The Morgan fingerprint density at radius 3 is 2.37 bits per heavy atom. The summed E-state index contributed by atoms with van der Waals surface area (Å²) in [6.07, 6.45) is 0.700. The first-order chi connectivity index (χ1) is 12.9. The molecule has 0 radical (unpaired) electrons. The van der Waals surface area contributed by atoms with E-state index >= 15 is 0 Å². The van der Waals surface area contributed by atoms with Crippen molar-refractivity contribution in [3.05, 3.63) is 54.0 Å². The molecule has 0 aliphatic carbocycles. The number of aryl methyl sites for hydroxylation is 1. The van der Waals surface area contributed by atoms with Crippen LogP contribution in [0.1, 0.15) is 23.8 Å². The predicted octanol–water partition coefficient (Wildman–Crippen LogP) is 1.73. The molecule has 27 heavy (non-hydrogen) atoms. The first-order valence-electron chi connectivity index (χ1n) is 8.30. The van der Waals surface area contributed by atoms with Crippen molar-refractivity contribution in [1.29, 1.82) is 0 Å². The molecule has 2 aromatic rings. The Morgan fingerprint density at radius 1 is 1.15 bits per heavy atom. The Bertz CT molecular complexity index is 814. The molecule has 1 atom stereocenters. The van der Waals surface area contributed by atoms with Gasteiger partial charge in [-0.25, -0.2) is 8.42 Å². The number of benzene rings is 1. The topological polar surface area (TPSA) is 107 Å². The first kappa shape index (κ1) is 21.1. The summed E-state index contributed by atoms with van der Waals surface area (Å²) in [6, 6.07) is 8.83. The molecule has 1 aromatic carbocycles. The van der Waals surface area contributed by atoms with Gasteiger partial charge in [0.25, 0.3) is 0 Å². The molecule has 2 rings (SSSR count). The van der Waals surface area contributed by atoms with Crippen molar-refractivity contribution in [3.8, 4) is 0 Å². The van der Waals surface area contributed by atoms with Crippen molar-refractivity contribution in [2.75, 3.05) is 20.8 Å². The van der Waals surface area contributed by atoms with Crippen LogP contribution in [0, 0.1) is 6.92 Å². The van der Waals surface area contributed by atoms with Gasteiger partial charge in [0, 0.05) is 14.2 Å². The van der Waals surface area contributed by atoms with Gasteiger partial charge in [-0.3, -0.25) is 4.79 Å². The zero-order valence-electron chi connectivity index (χ0n) is 15.5. The van der Waals surface area contributed by atoms with Gasteiger partial charge in [0.1, 0.15) is 5.76 Å². The second-order valence-electron chi connectivity index (χ2n) is 5.91. The number of hydrogen-bond acceptors (Lipinski definition) is 6. The summed E-state index contributed by atoms with van der Waals surface area (Å²) in [5.74, 6) is -0.0297. The van der Waals surface area contributed by atoms with Crippen LogP contribution in [0.4, 0.5) is 0 Å². The molecule has 1 heterocycles. The maximum absolute atomic E-state index is 12.7. The number of rotatable bonds is 10. The molecule has 148 valence electrons. The molecule has 0 saturated heterocycles. The quantitative estimate of drug-likeness (QED) is 0.593. The van der Waals surface area contributed by atoms with Gasteiger partial charge >= 0.3 is 0 Å². The van der Waals surface area contributed by atoms with Crippen molar-refractivity contribution >= 4 is 15.9 Å². The maximum atomic E-state index is 12.7. The van der Waals surface area contributed by atoms with E-state index in [9.17, 15) is 13.2 Å². The van der Waals surface area contributed by atoms with Crippen LogP contribution in [0.25, 0.3) is 0 Å². The summed E-state index contributed by atoms with van der Waals surface area (Å²) in [5, 5.41) is 2.64. The highest BCUT2D eigenvalue weighted by Crippen LogP contribution is 2.21. The minimum absolute atomic E-state index is 0.115. The number of sulfonamides is 1. The number of furan rings is 1. The second kappa shape index (κ2) is 9.65. The number of hydrogen-bond donors (Lipinski definition) is 2. The molecule has 8 nitrogen and oxygen atoms in total. The van der Waals surface area contributed by atoms with Crippen molar-refractivity contribution < 1.29 is 27.1 Å². The van der Waals surface area contributed by atoms with Crippen molar-refractivity contribution in [2.45, 2.75) is 30.6 Å². The van der Waals surface area contributed by atoms with Crippen LogP contribution in [0.2, 0.25) is 0 Å². The average Bonchev–Trinajstić information content (AvgIpc) is 3.17.